The van der Waals surface area contributed by atoms with Crippen molar-refractivity contribution in [2.75, 3.05) is 20.1 Å². The first-order chi connectivity index (χ1) is 8.59. The molecule has 0 spiro atoms. The van der Waals surface area contributed by atoms with Crippen molar-refractivity contribution >= 4 is 0 Å². The Morgan fingerprint density at radius 1 is 1.17 bits per heavy atom. The van der Waals surface area contributed by atoms with Gasteiger partial charge in [0, 0.05) is 18.6 Å². The van der Waals surface area contributed by atoms with Crippen LogP contribution in [0.25, 0.3) is 0 Å². The Bertz CT molecular complexity index is 245. The summed E-state index contributed by atoms with van der Waals surface area (Å²) in [5.74, 6) is 2.67. The van der Waals surface area contributed by atoms with Crippen molar-refractivity contribution in [1.82, 2.24) is 10.2 Å². The number of piperidine rings is 1. The van der Waals surface area contributed by atoms with E-state index >= 15 is 0 Å². The monoisotopic (exact) mass is 252 g/mol. The molecule has 2 rings (SSSR count). The Labute approximate surface area is 114 Å². The van der Waals surface area contributed by atoms with Gasteiger partial charge in [-0.25, -0.2) is 0 Å². The second-order valence-corrected chi connectivity index (χ2v) is 7.06. The third-order valence-corrected chi connectivity index (χ3v) is 5.36. The van der Waals surface area contributed by atoms with Crippen LogP contribution in [0.5, 0.6) is 0 Å². The zero-order valence-electron chi connectivity index (χ0n) is 12.8. The SMILES string of the molecule is CC1CCC(C(C)C)C(N(C)C2CCCNC2)C1. The molecule has 1 N–H and O–H groups in total. The molecule has 2 fully saturated rings. The lowest BCUT2D eigenvalue weighted by molar-refractivity contribution is 0.0409. The van der Waals surface area contributed by atoms with Gasteiger partial charge in [-0.15, -0.1) is 0 Å². The van der Waals surface area contributed by atoms with E-state index in [1.165, 1.54) is 45.2 Å². The molecule has 0 aromatic carbocycles. The van der Waals surface area contributed by atoms with Crippen molar-refractivity contribution in [3.8, 4) is 0 Å². The van der Waals surface area contributed by atoms with Crippen molar-refractivity contribution in [1.29, 1.82) is 0 Å². The van der Waals surface area contributed by atoms with Crippen molar-refractivity contribution < 1.29 is 0 Å². The van der Waals surface area contributed by atoms with Crippen molar-refractivity contribution in [3.05, 3.63) is 0 Å². The standard InChI is InChI=1S/C16H32N2/c1-12(2)15-8-7-13(3)10-16(15)18(4)14-6-5-9-17-11-14/h12-17H,5-11H2,1-4H3. The fraction of sp³-hybridized carbons (Fsp3) is 1.00. The second kappa shape index (κ2) is 6.38. The highest BCUT2D eigenvalue weighted by Gasteiger charge is 2.35. The van der Waals surface area contributed by atoms with Crippen LogP contribution >= 0.6 is 0 Å². The van der Waals surface area contributed by atoms with E-state index < -0.39 is 0 Å². The molecule has 1 saturated carbocycles. The largest absolute Gasteiger partial charge is 0.315 e. The third-order valence-electron chi connectivity index (χ3n) is 5.36. The molecule has 0 aromatic heterocycles. The summed E-state index contributed by atoms with van der Waals surface area (Å²) in [4.78, 5) is 2.73. The predicted octanol–water partition coefficient (Wildman–Crippen LogP) is 3.13. The van der Waals surface area contributed by atoms with Crippen LogP contribution in [-0.4, -0.2) is 37.1 Å². The van der Waals surface area contributed by atoms with Crippen LogP contribution in [-0.2, 0) is 0 Å². The van der Waals surface area contributed by atoms with Gasteiger partial charge >= 0.3 is 0 Å². The van der Waals surface area contributed by atoms with Crippen molar-refractivity contribution in [2.45, 2.75) is 65.0 Å². The molecular formula is C16H32N2. The van der Waals surface area contributed by atoms with Gasteiger partial charge in [0.05, 0.1) is 0 Å². The van der Waals surface area contributed by atoms with Gasteiger partial charge in [0.2, 0.25) is 0 Å². The van der Waals surface area contributed by atoms with Crippen molar-refractivity contribution in [2.24, 2.45) is 17.8 Å². The molecule has 1 saturated heterocycles. The summed E-state index contributed by atoms with van der Waals surface area (Å²) < 4.78 is 0. The quantitative estimate of drug-likeness (QED) is 0.830. The number of rotatable bonds is 3. The molecule has 106 valence electrons. The zero-order valence-corrected chi connectivity index (χ0v) is 12.8. The minimum Gasteiger partial charge on any atom is -0.315 e. The third kappa shape index (κ3) is 3.27. The highest BCUT2D eigenvalue weighted by Crippen LogP contribution is 2.37. The van der Waals surface area contributed by atoms with Gasteiger partial charge in [-0.1, -0.05) is 27.2 Å². The van der Waals surface area contributed by atoms with E-state index in [9.17, 15) is 0 Å². The molecule has 1 aliphatic heterocycles. The van der Waals surface area contributed by atoms with Crippen LogP contribution < -0.4 is 5.32 Å². The highest BCUT2D eigenvalue weighted by atomic mass is 15.2. The Morgan fingerprint density at radius 2 is 1.94 bits per heavy atom. The van der Waals surface area contributed by atoms with Gasteiger partial charge in [-0.3, -0.25) is 4.90 Å². The molecule has 4 atom stereocenters. The first-order valence-electron chi connectivity index (χ1n) is 8.02. The van der Waals surface area contributed by atoms with Crippen LogP contribution in [0, 0.1) is 17.8 Å². The summed E-state index contributed by atoms with van der Waals surface area (Å²) in [5, 5.41) is 3.57. The highest BCUT2D eigenvalue weighted by molar-refractivity contribution is 4.90. The van der Waals surface area contributed by atoms with Crippen LogP contribution in [0.15, 0.2) is 0 Å². The van der Waals surface area contributed by atoms with Crippen LogP contribution in [0.2, 0.25) is 0 Å². The van der Waals surface area contributed by atoms with Crippen LogP contribution in [0.3, 0.4) is 0 Å². The molecule has 0 amide bonds. The fourth-order valence-corrected chi connectivity index (χ4v) is 4.07. The molecule has 0 bridgehead atoms. The van der Waals surface area contributed by atoms with Gasteiger partial charge in [-0.05, 0) is 57.0 Å². The molecule has 1 heterocycles. The molecule has 1 aliphatic carbocycles. The van der Waals surface area contributed by atoms with Gasteiger partial charge in [0.25, 0.3) is 0 Å². The zero-order chi connectivity index (χ0) is 13.1. The molecule has 2 heteroatoms. The number of likely N-dealkylation sites (N-methyl/N-ethyl adjacent to an activating group) is 1. The van der Waals surface area contributed by atoms with E-state index in [-0.39, 0.29) is 0 Å². The topological polar surface area (TPSA) is 15.3 Å². The van der Waals surface area contributed by atoms with E-state index in [1.807, 2.05) is 0 Å². The summed E-state index contributed by atoms with van der Waals surface area (Å²) in [6, 6.07) is 1.59. The lowest BCUT2D eigenvalue weighted by atomic mass is 9.73. The summed E-state index contributed by atoms with van der Waals surface area (Å²) in [5.41, 5.74) is 0. The molecule has 2 nitrogen and oxygen atoms in total. The molecule has 2 aliphatic rings. The number of nitrogens with one attached hydrogen (secondary N) is 1. The molecule has 0 aromatic rings. The Balaban J connectivity index is 2.01. The minimum absolute atomic E-state index is 0.773. The van der Waals surface area contributed by atoms with E-state index in [4.69, 9.17) is 0 Å². The van der Waals surface area contributed by atoms with Crippen molar-refractivity contribution in [3.63, 3.8) is 0 Å². The average Bonchev–Trinajstić information content (AvgIpc) is 2.38. The second-order valence-electron chi connectivity index (χ2n) is 7.06. The summed E-state index contributed by atoms with van der Waals surface area (Å²) >= 11 is 0. The van der Waals surface area contributed by atoms with E-state index in [2.05, 4.69) is 38.0 Å². The Morgan fingerprint density at radius 3 is 2.56 bits per heavy atom. The predicted molar refractivity (Wildman–Crippen MR) is 78.8 cm³/mol. The minimum atomic E-state index is 0.773. The fourth-order valence-electron chi connectivity index (χ4n) is 4.07. The molecule has 18 heavy (non-hydrogen) atoms. The molecule has 4 unspecified atom stereocenters. The number of nitrogens with zero attached hydrogens (tertiary/aromatic N) is 1. The molecule has 0 radical (unpaired) electrons. The van der Waals surface area contributed by atoms with E-state index in [0.717, 1.165) is 29.8 Å². The van der Waals surface area contributed by atoms with E-state index in [1.54, 1.807) is 0 Å². The van der Waals surface area contributed by atoms with Gasteiger partial charge in [-0.2, -0.15) is 0 Å². The first kappa shape index (κ1) is 14.3. The van der Waals surface area contributed by atoms with Gasteiger partial charge in [0.1, 0.15) is 0 Å². The maximum atomic E-state index is 3.57. The number of hydrogen-bond acceptors (Lipinski definition) is 2. The molecular weight excluding hydrogens is 220 g/mol. The average molecular weight is 252 g/mol. The van der Waals surface area contributed by atoms with Crippen LogP contribution in [0.4, 0.5) is 0 Å². The van der Waals surface area contributed by atoms with Gasteiger partial charge < -0.3 is 5.32 Å². The Kier molecular flexibility index (Phi) is 5.08. The first-order valence-corrected chi connectivity index (χ1v) is 8.02. The van der Waals surface area contributed by atoms with Crippen LogP contribution in [0.1, 0.15) is 52.9 Å². The Hall–Kier alpha value is -0.0800. The lowest BCUT2D eigenvalue weighted by Gasteiger charge is -2.46. The van der Waals surface area contributed by atoms with Gasteiger partial charge in [0.15, 0.2) is 0 Å². The maximum absolute atomic E-state index is 3.57. The summed E-state index contributed by atoms with van der Waals surface area (Å²) in [6.45, 7) is 9.70. The normalized spacial score (nSPS) is 38.3. The lowest BCUT2D eigenvalue weighted by Crippen LogP contribution is -2.53. The maximum Gasteiger partial charge on any atom is 0.0221 e. The van der Waals surface area contributed by atoms with E-state index in [0.29, 0.717) is 0 Å². The summed E-state index contributed by atoms with van der Waals surface area (Å²) in [6.07, 6.45) is 7.03. The smallest absolute Gasteiger partial charge is 0.0221 e. The number of hydrogen-bond donors (Lipinski definition) is 1. The summed E-state index contributed by atoms with van der Waals surface area (Å²) in [7, 11) is 2.38.